The Labute approximate surface area is 160 Å². The van der Waals surface area contributed by atoms with Gasteiger partial charge in [0.25, 0.3) is 0 Å². The fourth-order valence-corrected chi connectivity index (χ4v) is 4.13. The van der Waals surface area contributed by atoms with Crippen LogP contribution in [-0.4, -0.2) is 38.0 Å². The van der Waals surface area contributed by atoms with Gasteiger partial charge in [0.15, 0.2) is 5.11 Å². The van der Waals surface area contributed by atoms with Crippen LogP contribution in [0.4, 0.5) is 10.1 Å². The van der Waals surface area contributed by atoms with Crippen LogP contribution >= 0.6 is 35.2 Å². The second-order valence-corrected chi connectivity index (χ2v) is 7.60. The molecule has 1 aromatic carbocycles. The van der Waals surface area contributed by atoms with E-state index in [2.05, 4.69) is 28.1 Å². The number of halogens is 2. The van der Waals surface area contributed by atoms with E-state index < -0.39 is 5.82 Å². The number of hydrogen-bond acceptors (Lipinski definition) is 3. The third-order valence-corrected chi connectivity index (χ3v) is 5.68. The van der Waals surface area contributed by atoms with Crippen molar-refractivity contribution in [2.75, 3.05) is 38.2 Å². The number of ether oxygens (including phenoxy) is 1. The molecule has 1 atom stereocenters. The molecule has 1 aliphatic heterocycles. The summed E-state index contributed by atoms with van der Waals surface area (Å²) >= 11 is 12.9. The number of rotatable bonds is 5. The quantitative estimate of drug-likeness (QED) is 0.674. The zero-order chi connectivity index (χ0) is 17.6. The molecule has 0 unspecified atom stereocenters. The lowest BCUT2D eigenvalue weighted by atomic mass is 10.2. The summed E-state index contributed by atoms with van der Waals surface area (Å²) in [5.41, 5.74) is 0.662. The maximum absolute atomic E-state index is 13.2. The molecule has 1 saturated heterocycles. The Kier molecular flexibility index (Phi) is 6.61. The van der Waals surface area contributed by atoms with Gasteiger partial charge in [-0.05, 0) is 41.9 Å². The molecule has 1 aliphatic rings. The van der Waals surface area contributed by atoms with Gasteiger partial charge < -0.3 is 20.3 Å². The van der Waals surface area contributed by atoms with Crippen molar-refractivity contribution in [1.29, 1.82) is 0 Å². The first-order valence-corrected chi connectivity index (χ1v) is 9.75. The Morgan fingerprint density at radius 2 is 2.16 bits per heavy atom. The molecule has 4 nitrogen and oxygen atoms in total. The third-order valence-electron chi connectivity index (χ3n) is 4.16. The molecule has 0 radical (unpaired) electrons. The van der Waals surface area contributed by atoms with Crippen molar-refractivity contribution < 1.29 is 14.0 Å². The van der Waals surface area contributed by atoms with Gasteiger partial charge in [0.05, 0.1) is 29.7 Å². The van der Waals surface area contributed by atoms with E-state index in [1.165, 1.54) is 21.9 Å². The highest BCUT2D eigenvalue weighted by atomic mass is 35.5. The van der Waals surface area contributed by atoms with E-state index in [1.807, 2.05) is 0 Å². The molecule has 25 heavy (non-hydrogen) atoms. The second-order valence-electron chi connectivity index (χ2n) is 5.80. The second kappa shape index (κ2) is 8.91. The summed E-state index contributed by atoms with van der Waals surface area (Å²) in [6.45, 7) is 4.26. The molecule has 8 heteroatoms. The van der Waals surface area contributed by atoms with Crippen LogP contribution in [-0.2, 0) is 4.74 Å². The predicted molar refractivity (Wildman–Crippen MR) is 104 cm³/mol. The van der Waals surface area contributed by atoms with E-state index in [4.69, 9.17) is 28.6 Å². The maximum Gasteiger partial charge on any atom is 0.171 e. The van der Waals surface area contributed by atoms with E-state index in [0.717, 1.165) is 32.8 Å². The van der Waals surface area contributed by atoms with E-state index in [-0.39, 0.29) is 5.02 Å². The summed E-state index contributed by atoms with van der Waals surface area (Å²) in [5.74, 6) is -0.445. The Morgan fingerprint density at radius 3 is 2.84 bits per heavy atom. The van der Waals surface area contributed by atoms with Crippen molar-refractivity contribution >= 4 is 46.0 Å². The summed E-state index contributed by atoms with van der Waals surface area (Å²) in [4.78, 5) is 2.82. The van der Waals surface area contributed by atoms with E-state index >= 15 is 0 Å². The monoisotopic (exact) mass is 400 g/mol. The van der Waals surface area contributed by atoms with Gasteiger partial charge in [-0.1, -0.05) is 17.7 Å². The predicted octanol–water partition coefficient (Wildman–Crippen LogP) is 2.48. The molecule has 3 rings (SSSR count). The van der Waals surface area contributed by atoms with Crippen LogP contribution in [0.25, 0.3) is 0 Å². The van der Waals surface area contributed by atoms with E-state index in [0.29, 0.717) is 16.8 Å². The Hall–Kier alpha value is -1.25. The zero-order valence-corrected chi connectivity index (χ0v) is 15.9. The molecule has 134 valence electrons. The minimum absolute atomic E-state index is 0.0713. The molecule has 0 bridgehead atoms. The van der Waals surface area contributed by atoms with Crippen molar-refractivity contribution in [1.82, 2.24) is 5.32 Å². The van der Waals surface area contributed by atoms with Crippen molar-refractivity contribution in [3.63, 3.8) is 0 Å². The standard InChI is InChI=1S/C17H19ClFN3OS2/c18-13-10-12(3-4-14(13)19)21-17(24)20-11-15(16-2-1-9-25-16)22-5-7-23-8-6-22/h1-4,9-10,15H,5-8,11H2,(H2,20,21,24)/p+1/t15-/m0/s1. The van der Waals surface area contributed by atoms with Crippen LogP contribution in [0.2, 0.25) is 5.02 Å². The summed E-state index contributed by atoms with van der Waals surface area (Å²) in [6.07, 6.45) is 0. The molecular weight excluding hydrogens is 381 g/mol. The first-order chi connectivity index (χ1) is 12.1. The van der Waals surface area contributed by atoms with Crippen molar-refractivity contribution in [2.45, 2.75) is 6.04 Å². The number of anilines is 1. The molecule has 1 fully saturated rings. The number of thiophene rings is 1. The van der Waals surface area contributed by atoms with Gasteiger partial charge in [0.2, 0.25) is 0 Å². The highest BCUT2D eigenvalue weighted by Crippen LogP contribution is 2.19. The summed E-state index contributed by atoms with van der Waals surface area (Å²) in [6, 6.07) is 9.01. The molecule has 2 heterocycles. The molecule has 0 aliphatic carbocycles. The fourth-order valence-electron chi connectivity index (χ4n) is 2.86. The minimum Gasteiger partial charge on any atom is -0.370 e. The van der Waals surface area contributed by atoms with Gasteiger partial charge in [-0.2, -0.15) is 0 Å². The number of quaternary nitrogens is 1. The Bertz CT molecular complexity index is 708. The summed E-state index contributed by atoms with van der Waals surface area (Å²) in [7, 11) is 0. The van der Waals surface area contributed by atoms with Crippen LogP contribution in [0.1, 0.15) is 10.9 Å². The molecule has 0 saturated carbocycles. The Morgan fingerprint density at radius 1 is 1.36 bits per heavy atom. The number of benzene rings is 1. The van der Waals surface area contributed by atoms with Gasteiger partial charge in [-0.25, -0.2) is 4.39 Å². The fraction of sp³-hybridized carbons (Fsp3) is 0.353. The van der Waals surface area contributed by atoms with Crippen LogP contribution in [0.3, 0.4) is 0 Å². The van der Waals surface area contributed by atoms with Crippen LogP contribution in [0.15, 0.2) is 35.7 Å². The van der Waals surface area contributed by atoms with Crippen LogP contribution < -0.4 is 15.5 Å². The lowest BCUT2D eigenvalue weighted by Crippen LogP contribution is -3.15. The van der Waals surface area contributed by atoms with Crippen molar-refractivity contribution in [3.8, 4) is 0 Å². The SMILES string of the molecule is Fc1ccc(NC(=S)NC[C@@H](c2cccs2)[NH+]2CCOCC2)cc1Cl. The van der Waals surface area contributed by atoms with Gasteiger partial charge in [0, 0.05) is 5.69 Å². The molecule has 0 amide bonds. The van der Waals surface area contributed by atoms with E-state index in [1.54, 1.807) is 17.4 Å². The summed E-state index contributed by atoms with van der Waals surface area (Å²) < 4.78 is 18.7. The van der Waals surface area contributed by atoms with Gasteiger partial charge in [-0.15, -0.1) is 11.3 Å². The molecule has 0 spiro atoms. The first-order valence-electron chi connectivity index (χ1n) is 8.09. The maximum atomic E-state index is 13.2. The molecule has 3 N–H and O–H groups in total. The largest absolute Gasteiger partial charge is 0.370 e. The van der Waals surface area contributed by atoms with Gasteiger partial charge in [0.1, 0.15) is 24.9 Å². The zero-order valence-electron chi connectivity index (χ0n) is 13.6. The number of thiocarbonyl (C=S) groups is 1. The van der Waals surface area contributed by atoms with Gasteiger partial charge in [-0.3, -0.25) is 0 Å². The average Bonchev–Trinajstić information content (AvgIpc) is 3.14. The number of hydrogen-bond donors (Lipinski definition) is 3. The highest BCUT2D eigenvalue weighted by molar-refractivity contribution is 7.80. The lowest BCUT2D eigenvalue weighted by molar-refractivity contribution is -0.937. The summed E-state index contributed by atoms with van der Waals surface area (Å²) in [5, 5.41) is 9.00. The van der Waals surface area contributed by atoms with Crippen LogP contribution in [0, 0.1) is 5.82 Å². The Balaban J connectivity index is 1.60. The molecule has 2 aromatic rings. The average molecular weight is 401 g/mol. The molecule has 1 aromatic heterocycles. The van der Waals surface area contributed by atoms with E-state index in [9.17, 15) is 4.39 Å². The normalized spacial score (nSPS) is 16.4. The minimum atomic E-state index is -0.445. The highest BCUT2D eigenvalue weighted by Gasteiger charge is 2.27. The smallest absolute Gasteiger partial charge is 0.171 e. The number of morpholine rings is 1. The lowest BCUT2D eigenvalue weighted by Gasteiger charge is -2.31. The van der Waals surface area contributed by atoms with Gasteiger partial charge >= 0.3 is 0 Å². The number of nitrogens with one attached hydrogen (secondary N) is 3. The van der Waals surface area contributed by atoms with Crippen LogP contribution in [0.5, 0.6) is 0 Å². The van der Waals surface area contributed by atoms with Crippen molar-refractivity contribution in [3.05, 3.63) is 51.4 Å². The van der Waals surface area contributed by atoms with Crippen molar-refractivity contribution in [2.24, 2.45) is 0 Å². The topological polar surface area (TPSA) is 37.7 Å². The third kappa shape index (κ3) is 5.12. The first kappa shape index (κ1) is 18.5. The molecular formula is C17H20ClFN3OS2+.